The number of amides is 1. The van der Waals surface area contributed by atoms with Crippen LogP contribution in [0.25, 0.3) is 11.3 Å². The molecule has 1 heterocycles. The lowest BCUT2D eigenvalue weighted by Crippen LogP contribution is -2.20. The van der Waals surface area contributed by atoms with Gasteiger partial charge in [0.25, 0.3) is 5.91 Å². The van der Waals surface area contributed by atoms with Crippen molar-refractivity contribution < 1.29 is 9.53 Å². The van der Waals surface area contributed by atoms with Crippen LogP contribution in [0.1, 0.15) is 42.7 Å². The number of anilines is 1. The predicted octanol–water partition coefficient (Wildman–Crippen LogP) is 6.58. The molecule has 0 saturated heterocycles. The number of carbonyl (C=O) groups excluding carboxylic acids is 1. The SMILES string of the molecule is CCc1sc(NC(=O)COc2cc(C)ccc2C(C)C)nc1-c1ccc(Br)cc1. The minimum atomic E-state index is -0.208. The molecule has 6 heteroatoms. The van der Waals surface area contributed by atoms with Crippen LogP contribution in [0.2, 0.25) is 0 Å². The molecule has 0 saturated carbocycles. The van der Waals surface area contributed by atoms with Gasteiger partial charge in [0.2, 0.25) is 0 Å². The lowest BCUT2D eigenvalue weighted by Gasteiger charge is -2.14. The number of nitrogens with one attached hydrogen (secondary N) is 1. The van der Waals surface area contributed by atoms with Crippen molar-refractivity contribution >= 4 is 38.3 Å². The smallest absolute Gasteiger partial charge is 0.264 e. The average molecular weight is 473 g/mol. The Balaban J connectivity index is 1.70. The Kier molecular flexibility index (Phi) is 7.09. The lowest BCUT2D eigenvalue weighted by molar-refractivity contribution is -0.118. The molecule has 3 aromatic rings. The number of hydrogen-bond donors (Lipinski definition) is 1. The van der Waals surface area contributed by atoms with Gasteiger partial charge in [-0.3, -0.25) is 10.1 Å². The minimum Gasteiger partial charge on any atom is -0.483 e. The Morgan fingerprint density at radius 2 is 1.93 bits per heavy atom. The summed E-state index contributed by atoms with van der Waals surface area (Å²) in [6, 6.07) is 14.1. The molecule has 0 aliphatic rings. The van der Waals surface area contributed by atoms with Gasteiger partial charge in [-0.15, -0.1) is 11.3 Å². The fourth-order valence-corrected chi connectivity index (χ4v) is 4.22. The fourth-order valence-electron chi connectivity index (χ4n) is 3.02. The summed E-state index contributed by atoms with van der Waals surface area (Å²) in [7, 11) is 0. The summed E-state index contributed by atoms with van der Waals surface area (Å²) in [5.74, 6) is 0.882. The third-order valence-electron chi connectivity index (χ3n) is 4.53. The number of aryl methyl sites for hydroxylation is 2. The quantitative estimate of drug-likeness (QED) is 0.422. The van der Waals surface area contributed by atoms with Crippen LogP contribution in [0.15, 0.2) is 46.9 Å². The number of thiazole rings is 1. The van der Waals surface area contributed by atoms with E-state index in [9.17, 15) is 4.79 Å². The molecular formula is C23H25BrN2O2S. The third kappa shape index (κ3) is 5.46. The van der Waals surface area contributed by atoms with E-state index < -0.39 is 0 Å². The highest BCUT2D eigenvalue weighted by Crippen LogP contribution is 2.32. The van der Waals surface area contributed by atoms with Crippen LogP contribution in [0, 0.1) is 6.92 Å². The first-order chi connectivity index (χ1) is 13.9. The summed E-state index contributed by atoms with van der Waals surface area (Å²) >= 11 is 4.97. The van der Waals surface area contributed by atoms with Gasteiger partial charge < -0.3 is 4.74 Å². The number of aromatic nitrogens is 1. The number of benzene rings is 2. The summed E-state index contributed by atoms with van der Waals surface area (Å²) in [6.45, 7) is 8.29. The van der Waals surface area contributed by atoms with Crippen molar-refractivity contribution in [1.29, 1.82) is 0 Å². The van der Waals surface area contributed by atoms with Crippen molar-refractivity contribution in [1.82, 2.24) is 4.98 Å². The van der Waals surface area contributed by atoms with Gasteiger partial charge in [-0.2, -0.15) is 0 Å². The van der Waals surface area contributed by atoms with Gasteiger partial charge in [0.15, 0.2) is 11.7 Å². The average Bonchev–Trinajstić information content (AvgIpc) is 3.09. The number of carbonyl (C=O) groups is 1. The zero-order chi connectivity index (χ0) is 21.0. The van der Waals surface area contributed by atoms with E-state index in [1.54, 1.807) is 0 Å². The van der Waals surface area contributed by atoms with E-state index in [1.165, 1.54) is 11.3 Å². The van der Waals surface area contributed by atoms with E-state index >= 15 is 0 Å². The standard InChI is InChI=1S/C23H25BrN2O2S/c1-5-20-22(16-7-9-17(24)10-8-16)26-23(29-20)25-21(27)13-28-19-12-15(4)6-11-18(19)14(2)3/h6-12,14H,5,13H2,1-4H3,(H,25,26,27). The van der Waals surface area contributed by atoms with Gasteiger partial charge in [0.05, 0.1) is 5.69 Å². The first-order valence-corrected chi connectivity index (χ1v) is 11.3. The van der Waals surface area contributed by atoms with Gasteiger partial charge in [0, 0.05) is 14.9 Å². The van der Waals surface area contributed by atoms with E-state index in [1.807, 2.05) is 37.3 Å². The molecule has 2 aromatic carbocycles. The van der Waals surface area contributed by atoms with Gasteiger partial charge in [-0.1, -0.05) is 61.0 Å². The molecule has 0 atom stereocenters. The normalized spacial score (nSPS) is 11.0. The number of halogens is 1. The van der Waals surface area contributed by atoms with Crippen molar-refractivity contribution in [3.05, 3.63) is 62.9 Å². The minimum absolute atomic E-state index is 0.0438. The first-order valence-electron chi connectivity index (χ1n) is 9.66. The first kappa shape index (κ1) is 21.5. The van der Waals surface area contributed by atoms with Crippen molar-refractivity contribution in [2.45, 2.75) is 40.0 Å². The van der Waals surface area contributed by atoms with E-state index in [-0.39, 0.29) is 12.5 Å². The maximum atomic E-state index is 12.5. The molecule has 0 radical (unpaired) electrons. The maximum absolute atomic E-state index is 12.5. The highest BCUT2D eigenvalue weighted by molar-refractivity contribution is 9.10. The monoisotopic (exact) mass is 472 g/mol. The van der Waals surface area contributed by atoms with Crippen molar-refractivity contribution in [2.24, 2.45) is 0 Å². The van der Waals surface area contributed by atoms with Gasteiger partial charge >= 0.3 is 0 Å². The van der Waals surface area contributed by atoms with Crippen molar-refractivity contribution in [3.8, 4) is 17.0 Å². The number of ether oxygens (including phenoxy) is 1. The Labute approximate surface area is 184 Å². The van der Waals surface area contributed by atoms with Gasteiger partial charge in [0.1, 0.15) is 5.75 Å². The Hall–Kier alpha value is -2.18. The second-order valence-electron chi connectivity index (χ2n) is 7.18. The van der Waals surface area contributed by atoms with Gasteiger partial charge in [-0.25, -0.2) is 4.98 Å². The van der Waals surface area contributed by atoms with Crippen LogP contribution in [0.4, 0.5) is 5.13 Å². The molecule has 29 heavy (non-hydrogen) atoms. The van der Waals surface area contributed by atoms with E-state index in [2.05, 4.69) is 59.1 Å². The van der Waals surface area contributed by atoms with Gasteiger partial charge in [-0.05, 0) is 48.6 Å². The van der Waals surface area contributed by atoms with Crippen LogP contribution in [0.5, 0.6) is 5.75 Å². The van der Waals surface area contributed by atoms with Crippen LogP contribution in [-0.2, 0) is 11.2 Å². The number of hydrogen-bond acceptors (Lipinski definition) is 4. The molecule has 4 nitrogen and oxygen atoms in total. The summed E-state index contributed by atoms with van der Waals surface area (Å²) in [5, 5.41) is 3.48. The summed E-state index contributed by atoms with van der Waals surface area (Å²) in [5.41, 5.74) is 4.17. The van der Waals surface area contributed by atoms with E-state index in [0.717, 1.165) is 43.9 Å². The van der Waals surface area contributed by atoms with Crippen molar-refractivity contribution in [2.75, 3.05) is 11.9 Å². The Morgan fingerprint density at radius 1 is 1.21 bits per heavy atom. The summed E-state index contributed by atoms with van der Waals surface area (Å²) < 4.78 is 6.86. The fraction of sp³-hybridized carbons (Fsp3) is 0.304. The predicted molar refractivity (Wildman–Crippen MR) is 124 cm³/mol. The molecule has 3 rings (SSSR count). The summed E-state index contributed by atoms with van der Waals surface area (Å²) in [6.07, 6.45) is 0.858. The Morgan fingerprint density at radius 3 is 2.59 bits per heavy atom. The molecule has 0 bridgehead atoms. The topological polar surface area (TPSA) is 51.2 Å². The van der Waals surface area contributed by atoms with Crippen LogP contribution >= 0.6 is 27.3 Å². The molecule has 152 valence electrons. The molecule has 0 fully saturated rings. The molecule has 0 aliphatic carbocycles. The summed E-state index contributed by atoms with van der Waals surface area (Å²) in [4.78, 5) is 18.3. The molecule has 1 aromatic heterocycles. The number of rotatable bonds is 7. The lowest BCUT2D eigenvalue weighted by atomic mass is 10.0. The molecule has 0 spiro atoms. The third-order valence-corrected chi connectivity index (χ3v) is 6.18. The zero-order valence-corrected chi connectivity index (χ0v) is 19.5. The zero-order valence-electron chi connectivity index (χ0n) is 17.1. The van der Waals surface area contributed by atoms with Crippen molar-refractivity contribution in [3.63, 3.8) is 0 Å². The highest BCUT2D eigenvalue weighted by atomic mass is 79.9. The molecule has 0 unspecified atom stereocenters. The second kappa shape index (κ2) is 9.55. The second-order valence-corrected chi connectivity index (χ2v) is 9.18. The van der Waals surface area contributed by atoms with Crippen LogP contribution in [0.3, 0.4) is 0 Å². The molecule has 1 amide bonds. The number of nitrogens with zero attached hydrogens (tertiary/aromatic N) is 1. The maximum Gasteiger partial charge on any atom is 0.264 e. The molecule has 0 aliphatic heterocycles. The molecular weight excluding hydrogens is 448 g/mol. The van der Waals surface area contributed by atoms with E-state index in [4.69, 9.17) is 4.74 Å². The highest BCUT2D eigenvalue weighted by Gasteiger charge is 2.15. The van der Waals surface area contributed by atoms with Crippen LogP contribution < -0.4 is 10.1 Å². The van der Waals surface area contributed by atoms with Crippen LogP contribution in [-0.4, -0.2) is 17.5 Å². The Bertz CT molecular complexity index is 997. The molecule has 1 N–H and O–H groups in total. The largest absolute Gasteiger partial charge is 0.483 e. The van der Waals surface area contributed by atoms with E-state index in [0.29, 0.717) is 11.0 Å².